The summed E-state index contributed by atoms with van der Waals surface area (Å²) in [5.41, 5.74) is 2.33. The molecule has 5 nitrogen and oxygen atoms in total. The van der Waals surface area contributed by atoms with Crippen molar-refractivity contribution in [3.63, 3.8) is 0 Å². The Morgan fingerprint density at radius 3 is 2.80 bits per heavy atom. The molecule has 0 spiro atoms. The number of benzene rings is 1. The number of fused-ring (bicyclic) bond motifs is 1. The van der Waals surface area contributed by atoms with Crippen molar-refractivity contribution in [3.8, 4) is 5.82 Å². The topological polar surface area (TPSA) is 57.0 Å². The quantitative estimate of drug-likeness (QED) is 0.684. The molecule has 0 saturated carbocycles. The molecular weight excluding hydrogens is 254 g/mol. The Bertz CT molecular complexity index is 747. The Kier molecular flexibility index (Phi) is 3.16. The third kappa shape index (κ3) is 2.14. The van der Waals surface area contributed by atoms with Crippen LogP contribution in [0.4, 0.5) is 0 Å². The van der Waals surface area contributed by atoms with Gasteiger partial charge in [-0.2, -0.15) is 0 Å². The molecule has 0 aliphatic heterocycles. The Balaban J connectivity index is 1.97. The zero-order chi connectivity index (χ0) is 13.9. The Hall–Kier alpha value is -2.69. The van der Waals surface area contributed by atoms with Crippen LogP contribution >= 0.6 is 0 Å². The zero-order valence-corrected chi connectivity index (χ0v) is 11.0. The molecule has 2 aromatic heterocycles. The standard InChI is InChI=1S/C15H13N3O2/c1-2-20-15(19)11-7-8-14(16-9-11)18-10-17-12-5-3-4-6-13(12)18/h3-10H,2H2,1H3. The number of esters is 1. The van der Waals surface area contributed by atoms with E-state index < -0.39 is 0 Å². The minimum Gasteiger partial charge on any atom is -0.462 e. The van der Waals surface area contributed by atoms with E-state index in [1.807, 2.05) is 28.8 Å². The van der Waals surface area contributed by atoms with Crippen molar-refractivity contribution in [2.24, 2.45) is 0 Å². The van der Waals surface area contributed by atoms with Crippen LogP contribution in [0.5, 0.6) is 0 Å². The van der Waals surface area contributed by atoms with Gasteiger partial charge in [-0.1, -0.05) is 12.1 Å². The first kappa shape index (κ1) is 12.3. The maximum Gasteiger partial charge on any atom is 0.339 e. The lowest BCUT2D eigenvalue weighted by molar-refractivity contribution is 0.0526. The molecular formula is C15H13N3O2. The van der Waals surface area contributed by atoms with E-state index in [9.17, 15) is 4.79 Å². The normalized spacial score (nSPS) is 10.7. The van der Waals surface area contributed by atoms with E-state index in [0.717, 1.165) is 11.0 Å². The van der Waals surface area contributed by atoms with Crippen LogP contribution in [0.15, 0.2) is 48.9 Å². The summed E-state index contributed by atoms with van der Waals surface area (Å²) < 4.78 is 6.81. The lowest BCUT2D eigenvalue weighted by Crippen LogP contribution is -2.06. The highest BCUT2D eigenvalue weighted by molar-refractivity contribution is 5.89. The van der Waals surface area contributed by atoms with Gasteiger partial charge in [-0.25, -0.2) is 14.8 Å². The van der Waals surface area contributed by atoms with Crippen LogP contribution < -0.4 is 0 Å². The second kappa shape index (κ2) is 5.13. The van der Waals surface area contributed by atoms with Crippen LogP contribution in [0.1, 0.15) is 17.3 Å². The van der Waals surface area contributed by atoms with E-state index >= 15 is 0 Å². The van der Waals surface area contributed by atoms with E-state index in [4.69, 9.17) is 4.74 Å². The lowest BCUT2D eigenvalue weighted by Gasteiger charge is -2.05. The van der Waals surface area contributed by atoms with Gasteiger partial charge in [-0.05, 0) is 31.2 Å². The van der Waals surface area contributed by atoms with Gasteiger partial charge in [0.05, 0.1) is 23.2 Å². The summed E-state index contributed by atoms with van der Waals surface area (Å²) in [6.07, 6.45) is 3.24. The summed E-state index contributed by atoms with van der Waals surface area (Å²) in [6, 6.07) is 11.3. The van der Waals surface area contributed by atoms with Gasteiger partial charge >= 0.3 is 5.97 Å². The van der Waals surface area contributed by atoms with Crippen LogP contribution in [-0.4, -0.2) is 27.1 Å². The van der Waals surface area contributed by atoms with Gasteiger partial charge in [0.1, 0.15) is 12.1 Å². The number of ether oxygens (including phenoxy) is 1. The maximum atomic E-state index is 11.6. The fraction of sp³-hybridized carbons (Fsp3) is 0.133. The van der Waals surface area contributed by atoms with E-state index in [0.29, 0.717) is 18.0 Å². The molecule has 0 unspecified atom stereocenters. The van der Waals surface area contributed by atoms with Crippen LogP contribution in [0, 0.1) is 0 Å². The molecule has 100 valence electrons. The average molecular weight is 267 g/mol. The molecule has 0 radical (unpaired) electrons. The van der Waals surface area contributed by atoms with Gasteiger partial charge in [0.25, 0.3) is 0 Å². The third-order valence-corrected chi connectivity index (χ3v) is 2.96. The first-order chi connectivity index (χ1) is 9.79. The summed E-state index contributed by atoms with van der Waals surface area (Å²) in [4.78, 5) is 20.2. The number of imidazole rings is 1. The Morgan fingerprint density at radius 1 is 1.20 bits per heavy atom. The summed E-state index contributed by atoms with van der Waals surface area (Å²) in [7, 11) is 0. The molecule has 0 amide bonds. The molecule has 3 aromatic rings. The van der Waals surface area contributed by atoms with Gasteiger partial charge < -0.3 is 4.74 Å². The second-order valence-corrected chi connectivity index (χ2v) is 4.23. The van der Waals surface area contributed by atoms with Crippen molar-refractivity contribution in [3.05, 3.63) is 54.5 Å². The maximum absolute atomic E-state index is 11.6. The molecule has 0 aliphatic carbocycles. The van der Waals surface area contributed by atoms with E-state index in [2.05, 4.69) is 9.97 Å². The summed E-state index contributed by atoms with van der Waals surface area (Å²) in [6.45, 7) is 2.13. The van der Waals surface area contributed by atoms with Gasteiger partial charge in [0, 0.05) is 6.20 Å². The predicted molar refractivity (Wildman–Crippen MR) is 74.8 cm³/mol. The Morgan fingerprint density at radius 2 is 2.05 bits per heavy atom. The molecule has 0 atom stereocenters. The smallest absolute Gasteiger partial charge is 0.339 e. The van der Waals surface area contributed by atoms with Crippen LogP contribution in [0.2, 0.25) is 0 Å². The summed E-state index contributed by atoms with van der Waals surface area (Å²) in [5, 5.41) is 0. The van der Waals surface area contributed by atoms with Crippen molar-refractivity contribution in [2.45, 2.75) is 6.92 Å². The number of carbonyl (C=O) groups is 1. The largest absolute Gasteiger partial charge is 0.462 e. The predicted octanol–water partition coefficient (Wildman–Crippen LogP) is 2.60. The third-order valence-electron chi connectivity index (χ3n) is 2.96. The fourth-order valence-electron chi connectivity index (χ4n) is 2.01. The molecule has 1 aromatic carbocycles. The number of pyridine rings is 1. The van der Waals surface area contributed by atoms with Crippen LogP contribution in [0.3, 0.4) is 0 Å². The van der Waals surface area contributed by atoms with Gasteiger partial charge in [0.2, 0.25) is 0 Å². The SMILES string of the molecule is CCOC(=O)c1ccc(-n2cnc3ccccc32)nc1. The number of nitrogens with zero attached hydrogens (tertiary/aromatic N) is 3. The number of hydrogen-bond donors (Lipinski definition) is 0. The highest BCUT2D eigenvalue weighted by atomic mass is 16.5. The molecule has 2 heterocycles. The number of para-hydroxylation sites is 2. The number of hydrogen-bond acceptors (Lipinski definition) is 4. The van der Waals surface area contributed by atoms with Gasteiger partial charge in [-0.3, -0.25) is 4.57 Å². The number of rotatable bonds is 3. The summed E-state index contributed by atoms with van der Waals surface area (Å²) >= 11 is 0. The van der Waals surface area contributed by atoms with Gasteiger partial charge in [0.15, 0.2) is 0 Å². The minimum absolute atomic E-state index is 0.354. The Labute approximate surface area is 115 Å². The first-order valence-electron chi connectivity index (χ1n) is 6.35. The molecule has 0 aliphatic rings. The average Bonchev–Trinajstić information content (AvgIpc) is 2.92. The second-order valence-electron chi connectivity index (χ2n) is 4.23. The van der Waals surface area contributed by atoms with Crippen molar-refractivity contribution >= 4 is 17.0 Å². The number of carbonyl (C=O) groups excluding carboxylic acids is 1. The highest BCUT2D eigenvalue weighted by Crippen LogP contribution is 2.16. The van der Waals surface area contributed by atoms with E-state index in [1.54, 1.807) is 25.4 Å². The van der Waals surface area contributed by atoms with E-state index in [1.165, 1.54) is 6.20 Å². The molecule has 3 rings (SSSR count). The van der Waals surface area contributed by atoms with E-state index in [-0.39, 0.29) is 5.97 Å². The van der Waals surface area contributed by atoms with Crippen LogP contribution in [-0.2, 0) is 4.74 Å². The molecule has 20 heavy (non-hydrogen) atoms. The van der Waals surface area contributed by atoms with Gasteiger partial charge in [-0.15, -0.1) is 0 Å². The molecule has 0 N–H and O–H groups in total. The molecule has 5 heteroatoms. The fourth-order valence-corrected chi connectivity index (χ4v) is 2.01. The molecule has 0 saturated heterocycles. The zero-order valence-electron chi connectivity index (χ0n) is 11.0. The first-order valence-corrected chi connectivity index (χ1v) is 6.35. The van der Waals surface area contributed by atoms with Crippen molar-refractivity contribution in [2.75, 3.05) is 6.61 Å². The van der Waals surface area contributed by atoms with Crippen LogP contribution in [0.25, 0.3) is 16.9 Å². The number of aromatic nitrogens is 3. The minimum atomic E-state index is -0.359. The highest BCUT2D eigenvalue weighted by Gasteiger charge is 2.09. The van der Waals surface area contributed by atoms with Crippen molar-refractivity contribution < 1.29 is 9.53 Å². The van der Waals surface area contributed by atoms with Crippen molar-refractivity contribution in [1.82, 2.24) is 14.5 Å². The van der Waals surface area contributed by atoms with Crippen molar-refractivity contribution in [1.29, 1.82) is 0 Å². The lowest BCUT2D eigenvalue weighted by atomic mass is 10.3. The molecule has 0 fully saturated rings. The summed E-state index contributed by atoms with van der Waals surface area (Å²) in [5.74, 6) is 0.355. The monoisotopic (exact) mass is 267 g/mol. The molecule has 0 bridgehead atoms.